The van der Waals surface area contributed by atoms with Gasteiger partial charge in [-0.15, -0.1) is 0 Å². The van der Waals surface area contributed by atoms with Crippen LogP contribution in [0.25, 0.3) is 0 Å². The van der Waals surface area contributed by atoms with Crippen molar-refractivity contribution >= 4 is 5.91 Å². The molecule has 1 aliphatic carbocycles. The van der Waals surface area contributed by atoms with Gasteiger partial charge in [-0.05, 0) is 38.6 Å². The predicted molar refractivity (Wildman–Crippen MR) is 76.9 cm³/mol. The molecule has 1 amide bonds. The number of nitrogens with zero attached hydrogens (tertiary/aromatic N) is 1. The fourth-order valence-corrected chi connectivity index (χ4v) is 2.49. The first kappa shape index (κ1) is 16.4. The van der Waals surface area contributed by atoms with Crippen molar-refractivity contribution in [3.05, 3.63) is 0 Å². The lowest BCUT2D eigenvalue weighted by molar-refractivity contribution is -0.120. The van der Waals surface area contributed by atoms with Crippen molar-refractivity contribution in [2.45, 2.75) is 45.2 Å². The van der Waals surface area contributed by atoms with Gasteiger partial charge in [0.2, 0.25) is 5.91 Å². The van der Waals surface area contributed by atoms with E-state index in [2.05, 4.69) is 17.1 Å². The van der Waals surface area contributed by atoms with E-state index in [1.807, 2.05) is 6.92 Å². The minimum Gasteiger partial charge on any atom is -0.383 e. The first-order chi connectivity index (χ1) is 9.10. The van der Waals surface area contributed by atoms with Crippen LogP contribution in [-0.2, 0) is 9.53 Å². The third-order valence-corrected chi connectivity index (χ3v) is 3.96. The summed E-state index contributed by atoms with van der Waals surface area (Å²) in [6, 6.07) is 0.353. The van der Waals surface area contributed by atoms with E-state index in [0.717, 1.165) is 38.6 Å². The molecule has 0 bridgehead atoms. The van der Waals surface area contributed by atoms with Crippen molar-refractivity contribution in [1.82, 2.24) is 10.2 Å². The zero-order valence-corrected chi connectivity index (χ0v) is 12.5. The molecule has 0 aromatic carbocycles. The Balaban J connectivity index is 2.43. The Bertz CT molecular complexity index is 269. The largest absolute Gasteiger partial charge is 0.383 e. The number of nitrogens with one attached hydrogen (secondary N) is 1. The van der Waals surface area contributed by atoms with Crippen molar-refractivity contribution in [2.24, 2.45) is 11.7 Å². The van der Waals surface area contributed by atoms with Gasteiger partial charge in [0.25, 0.3) is 0 Å². The predicted octanol–water partition coefficient (Wildman–Crippen LogP) is 0.587. The van der Waals surface area contributed by atoms with Gasteiger partial charge >= 0.3 is 0 Å². The molecule has 1 rings (SSSR count). The summed E-state index contributed by atoms with van der Waals surface area (Å²) in [7, 11) is 1.73. The van der Waals surface area contributed by atoms with Crippen molar-refractivity contribution in [3.8, 4) is 0 Å². The topological polar surface area (TPSA) is 67.6 Å². The quantitative estimate of drug-likeness (QED) is 0.577. The molecule has 0 heterocycles. The van der Waals surface area contributed by atoms with Crippen molar-refractivity contribution in [2.75, 3.05) is 33.4 Å². The summed E-state index contributed by atoms with van der Waals surface area (Å²) in [6.45, 7) is 7.59. The Hall–Kier alpha value is -0.650. The molecule has 5 nitrogen and oxygen atoms in total. The lowest BCUT2D eigenvalue weighted by atomic mass is 10.1. The van der Waals surface area contributed by atoms with Gasteiger partial charge in [0.05, 0.1) is 12.6 Å². The van der Waals surface area contributed by atoms with Crippen LogP contribution in [-0.4, -0.2) is 56.2 Å². The van der Waals surface area contributed by atoms with E-state index in [9.17, 15) is 4.79 Å². The SMILES string of the molecule is CCNC(CCN(CCOC)C(C)C1CC1)C(N)=O. The number of primary amides is 1. The number of carbonyl (C=O) groups is 1. The molecule has 0 spiro atoms. The van der Waals surface area contributed by atoms with Crippen LogP contribution in [0.3, 0.4) is 0 Å². The molecule has 1 fully saturated rings. The molecule has 0 aromatic rings. The van der Waals surface area contributed by atoms with Gasteiger partial charge in [-0.3, -0.25) is 9.69 Å². The molecule has 112 valence electrons. The van der Waals surface area contributed by atoms with Gasteiger partial charge in [-0.2, -0.15) is 0 Å². The highest BCUT2D eigenvalue weighted by molar-refractivity contribution is 5.79. The zero-order chi connectivity index (χ0) is 14.3. The smallest absolute Gasteiger partial charge is 0.234 e. The maximum absolute atomic E-state index is 11.3. The van der Waals surface area contributed by atoms with Crippen LogP contribution < -0.4 is 11.1 Å². The Labute approximate surface area is 116 Å². The average Bonchev–Trinajstić information content (AvgIpc) is 3.20. The zero-order valence-electron chi connectivity index (χ0n) is 12.5. The van der Waals surface area contributed by atoms with Gasteiger partial charge < -0.3 is 15.8 Å². The van der Waals surface area contributed by atoms with Crippen LogP contribution in [0.1, 0.15) is 33.1 Å². The van der Waals surface area contributed by atoms with Crippen LogP contribution in [0.2, 0.25) is 0 Å². The number of nitrogens with two attached hydrogens (primary N) is 1. The van der Waals surface area contributed by atoms with E-state index in [0.29, 0.717) is 6.04 Å². The summed E-state index contributed by atoms with van der Waals surface area (Å²) in [5, 5.41) is 3.14. The van der Waals surface area contributed by atoms with Crippen molar-refractivity contribution < 1.29 is 9.53 Å². The first-order valence-electron chi connectivity index (χ1n) is 7.35. The van der Waals surface area contributed by atoms with Crippen LogP contribution in [0, 0.1) is 5.92 Å². The number of ether oxygens (including phenoxy) is 1. The second-order valence-corrected chi connectivity index (χ2v) is 5.41. The maximum Gasteiger partial charge on any atom is 0.234 e. The number of hydrogen-bond donors (Lipinski definition) is 2. The normalized spacial score (nSPS) is 18.5. The number of hydrogen-bond acceptors (Lipinski definition) is 4. The van der Waals surface area contributed by atoms with Gasteiger partial charge in [0, 0.05) is 26.2 Å². The third kappa shape index (κ3) is 5.89. The van der Waals surface area contributed by atoms with Gasteiger partial charge in [0.15, 0.2) is 0 Å². The van der Waals surface area contributed by atoms with E-state index >= 15 is 0 Å². The lowest BCUT2D eigenvalue weighted by Gasteiger charge is -2.30. The lowest BCUT2D eigenvalue weighted by Crippen LogP contribution is -2.45. The number of rotatable bonds is 11. The van der Waals surface area contributed by atoms with Crippen LogP contribution in [0.4, 0.5) is 0 Å². The molecule has 19 heavy (non-hydrogen) atoms. The van der Waals surface area contributed by atoms with Crippen molar-refractivity contribution in [3.63, 3.8) is 0 Å². The molecular formula is C14H29N3O2. The minimum atomic E-state index is -0.257. The highest BCUT2D eigenvalue weighted by atomic mass is 16.5. The summed E-state index contributed by atoms with van der Waals surface area (Å²) in [6.07, 6.45) is 3.43. The summed E-state index contributed by atoms with van der Waals surface area (Å²) >= 11 is 0. The summed E-state index contributed by atoms with van der Waals surface area (Å²) in [4.78, 5) is 13.8. The van der Waals surface area contributed by atoms with Crippen LogP contribution in [0.15, 0.2) is 0 Å². The first-order valence-corrected chi connectivity index (χ1v) is 7.35. The molecule has 2 unspecified atom stereocenters. The summed E-state index contributed by atoms with van der Waals surface area (Å²) < 4.78 is 5.18. The fourth-order valence-electron chi connectivity index (χ4n) is 2.49. The van der Waals surface area contributed by atoms with E-state index in [-0.39, 0.29) is 11.9 Å². The summed E-state index contributed by atoms with van der Waals surface area (Å²) in [5.74, 6) is 0.565. The average molecular weight is 271 g/mol. The minimum absolute atomic E-state index is 0.221. The van der Waals surface area contributed by atoms with Crippen LogP contribution in [0.5, 0.6) is 0 Å². The fraction of sp³-hybridized carbons (Fsp3) is 0.929. The van der Waals surface area contributed by atoms with E-state index in [1.54, 1.807) is 7.11 Å². The number of carbonyl (C=O) groups excluding carboxylic acids is 1. The molecule has 0 radical (unpaired) electrons. The highest BCUT2D eigenvalue weighted by Gasteiger charge is 2.32. The molecule has 0 saturated heterocycles. The molecular weight excluding hydrogens is 242 g/mol. The molecule has 1 aliphatic rings. The highest BCUT2D eigenvalue weighted by Crippen LogP contribution is 2.35. The monoisotopic (exact) mass is 271 g/mol. The van der Waals surface area contributed by atoms with E-state index in [1.165, 1.54) is 12.8 Å². The van der Waals surface area contributed by atoms with E-state index < -0.39 is 0 Å². The van der Waals surface area contributed by atoms with E-state index in [4.69, 9.17) is 10.5 Å². The molecule has 0 aliphatic heterocycles. The van der Waals surface area contributed by atoms with Gasteiger partial charge in [0.1, 0.15) is 0 Å². The van der Waals surface area contributed by atoms with Crippen LogP contribution >= 0.6 is 0 Å². The molecule has 1 saturated carbocycles. The maximum atomic E-state index is 11.3. The molecule has 2 atom stereocenters. The number of likely N-dealkylation sites (N-methyl/N-ethyl adjacent to an activating group) is 1. The Morgan fingerprint density at radius 2 is 2.16 bits per heavy atom. The second-order valence-electron chi connectivity index (χ2n) is 5.41. The molecule has 5 heteroatoms. The number of amides is 1. The van der Waals surface area contributed by atoms with Gasteiger partial charge in [-0.25, -0.2) is 0 Å². The Morgan fingerprint density at radius 3 is 2.63 bits per heavy atom. The Morgan fingerprint density at radius 1 is 1.47 bits per heavy atom. The third-order valence-electron chi connectivity index (χ3n) is 3.96. The molecule has 3 N–H and O–H groups in total. The second kappa shape index (κ2) is 8.51. The van der Waals surface area contributed by atoms with Gasteiger partial charge in [-0.1, -0.05) is 6.92 Å². The summed E-state index contributed by atoms with van der Waals surface area (Å²) in [5.41, 5.74) is 5.41. The standard InChI is InChI=1S/C14H29N3O2/c1-4-16-13(14(15)18)7-8-17(9-10-19-3)11(2)12-5-6-12/h11-13,16H,4-10H2,1-3H3,(H2,15,18). The Kier molecular flexibility index (Phi) is 7.34. The van der Waals surface area contributed by atoms with Crippen molar-refractivity contribution in [1.29, 1.82) is 0 Å². The molecule has 0 aromatic heterocycles. The number of methoxy groups -OCH3 is 1.